The molecule has 0 saturated heterocycles. The first kappa shape index (κ1) is 18.2. The van der Waals surface area contributed by atoms with Crippen molar-refractivity contribution in [1.29, 1.82) is 0 Å². The summed E-state index contributed by atoms with van der Waals surface area (Å²) in [5, 5.41) is 2.91. The Bertz CT molecular complexity index is 789. The molecule has 1 aromatic heterocycles. The second-order valence-corrected chi connectivity index (χ2v) is 6.87. The van der Waals surface area contributed by atoms with E-state index in [9.17, 15) is 9.59 Å². The van der Waals surface area contributed by atoms with Crippen molar-refractivity contribution in [3.05, 3.63) is 51.4 Å². The Hall–Kier alpha value is -2.12. The highest BCUT2D eigenvalue weighted by atomic mass is 32.2. The van der Waals surface area contributed by atoms with Crippen LogP contribution in [0.2, 0.25) is 0 Å². The predicted octanol–water partition coefficient (Wildman–Crippen LogP) is 2.65. The van der Waals surface area contributed by atoms with Crippen molar-refractivity contribution >= 4 is 23.4 Å². The van der Waals surface area contributed by atoms with Crippen LogP contribution in [0.4, 0.5) is 5.69 Å². The van der Waals surface area contributed by atoms with Gasteiger partial charge in [0.05, 0.1) is 17.6 Å². The molecule has 1 atom stereocenters. The topological polar surface area (TPSA) is 84.1 Å². The molecule has 0 fully saturated rings. The van der Waals surface area contributed by atoms with E-state index in [1.165, 1.54) is 24.9 Å². The predicted molar refractivity (Wildman–Crippen MR) is 95.4 cm³/mol. The zero-order chi connectivity index (χ0) is 17.7. The zero-order valence-corrected chi connectivity index (χ0v) is 15.0. The third-order valence-electron chi connectivity index (χ3n) is 3.37. The standard InChI is InChI=1S/C17H21N3O3S/c1-10-5-6-11(2)14(7-10)19-16(22)12(3)24-17-18-13(9-23-4)8-15(21)20-17/h5-8,12H,9H2,1-4H3,(H,19,22)(H,18,20,21). The summed E-state index contributed by atoms with van der Waals surface area (Å²) in [5.41, 5.74) is 3.14. The Balaban J connectivity index is 2.09. The molecule has 1 aromatic carbocycles. The zero-order valence-electron chi connectivity index (χ0n) is 14.2. The van der Waals surface area contributed by atoms with Gasteiger partial charge in [-0.2, -0.15) is 0 Å². The number of nitrogens with zero attached hydrogens (tertiary/aromatic N) is 1. The number of aryl methyl sites for hydroxylation is 2. The molecule has 128 valence electrons. The summed E-state index contributed by atoms with van der Waals surface area (Å²) in [6, 6.07) is 7.29. The fourth-order valence-corrected chi connectivity index (χ4v) is 2.92. The maximum atomic E-state index is 12.4. The van der Waals surface area contributed by atoms with E-state index in [0.717, 1.165) is 16.8 Å². The molecule has 0 aliphatic carbocycles. The van der Waals surface area contributed by atoms with E-state index in [2.05, 4.69) is 15.3 Å². The number of carbonyl (C=O) groups is 1. The van der Waals surface area contributed by atoms with E-state index in [4.69, 9.17) is 4.74 Å². The summed E-state index contributed by atoms with van der Waals surface area (Å²) in [6.45, 7) is 5.94. The lowest BCUT2D eigenvalue weighted by Gasteiger charge is -2.14. The van der Waals surface area contributed by atoms with Gasteiger partial charge in [-0.1, -0.05) is 23.9 Å². The van der Waals surface area contributed by atoms with Crippen LogP contribution in [-0.2, 0) is 16.1 Å². The van der Waals surface area contributed by atoms with Crippen LogP contribution in [0.1, 0.15) is 23.7 Å². The number of amides is 1. The minimum atomic E-state index is -0.411. The molecule has 7 heteroatoms. The number of hydrogen-bond acceptors (Lipinski definition) is 5. The van der Waals surface area contributed by atoms with Crippen LogP contribution in [0.25, 0.3) is 0 Å². The molecule has 0 saturated carbocycles. The molecular formula is C17H21N3O3S. The largest absolute Gasteiger partial charge is 0.378 e. The van der Waals surface area contributed by atoms with Crippen molar-refractivity contribution < 1.29 is 9.53 Å². The van der Waals surface area contributed by atoms with E-state index in [1.807, 2.05) is 32.0 Å². The number of aromatic amines is 1. The van der Waals surface area contributed by atoms with Gasteiger partial charge in [0.25, 0.3) is 5.56 Å². The van der Waals surface area contributed by atoms with Crippen molar-refractivity contribution in [2.75, 3.05) is 12.4 Å². The third-order valence-corrected chi connectivity index (χ3v) is 4.36. The van der Waals surface area contributed by atoms with Crippen molar-refractivity contribution in [2.45, 2.75) is 37.8 Å². The van der Waals surface area contributed by atoms with Crippen molar-refractivity contribution in [3.8, 4) is 0 Å². The van der Waals surface area contributed by atoms with Gasteiger partial charge in [0.1, 0.15) is 0 Å². The summed E-state index contributed by atoms with van der Waals surface area (Å²) < 4.78 is 4.99. The van der Waals surface area contributed by atoms with Crippen LogP contribution >= 0.6 is 11.8 Å². The number of hydrogen-bond donors (Lipinski definition) is 2. The third kappa shape index (κ3) is 4.94. The van der Waals surface area contributed by atoms with E-state index >= 15 is 0 Å². The quantitative estimate of drug-likeness (QED) is 0.620. The molecule has 1 heterocycles. The number of thioether (sulfide) groups is 1. The monoisotopic (exact) mass is 347 g/mol. The van der Waals surface area contributed by atoms with Crippen LogP contribution in [0.5, 0.6) is 0 Å². The number of aromatic nitrogens is 2. The van der Waals surface area contributed by atoms with Gasteiger partial charge in [0.2, 0.25) is 5.91 Å². The molecule has 0 bridgehead atoms. The maximum absolute atomic E-state index is 12.4. The lowest BCUT2D eigenvalue weighted by atomic mass is 10.1. The highest BCUT2D eigenvalue weighted by Crippen LogP contribution is 2.22. The molecule has 0 aliphatic rings. The number of H-pyrrole nitrogens is 1. The number of methoxy groups -OCH3 is 1. The van der Waals surface area contributed by atoms with Gasteiger partial charge in [-0.3, -0.25) is 9.59 Å². The molecule has 0 aliphatic heterocycles. The Kier molecular flexibility index (Phi) is 6.16. The molecule has 2 aromatic rings. The van der Waals surface area contributed by atoms with Gasteiger partial charge < -0.3 is 15.0 Å². The van der Waals surface area contributed by atoms with Gasteiger partial charge in [-0.15, -0.1) is 0 Å². The first-order valence-electron chi connectivity index (χ1n) is 7.53. The minimum absolute atomic E-state index is 0.145. The molecular weight excluding hydrogens is 326 g/mol. The average Bonchev–Trinajstić information content (AvgIpc) is 2.50. The molecule has 6 nitrogen and oxygen atoms in total. The first-order chi connectivity index (χ1) is 11.4. The first-order valence-corrected chi connectivity index (χ1v) is 8.41. The molecule has 2 N–H and O–H groups in total. The van der Waals surface area contributed by atoms with E-state index in [-0.39, 0.29) is 18.1 Å². The Morgan fingerprint density at radius 2 is 2.12 bits per heavy atom. The lowest BCUT2D eigenvalue weighted by molar-refractivity contribution is -0.115. The summed E-state index contributed by atoms with van der Waals surface area (Å²) >= 11 is 1.20. The second-order valence-electron chi connectivity index (χ2n) is 5.54. The number of carbonyl (C=O) groups excluding carboxylic acids is 1. The fraction of sp³-hybridized carbons (Fsp3) is 0.353. The molecule has 0 radical (unpaired) electrons. The smallest absolute Gasteiger partial charge is 0.251 e. The number of anilines is 1. The molecule has 1 amide bonds. The Morgan fingerprint density at radius 1 is 1.38 bits per heavy atom. The highest BCUT2D eigenvalue weighted by Gasteiger charge is 2.17. The normalized spacial score (nSPS) is 12.0. The van der Waals surface area contributed by atoms with Crippen LogP contribution < -0.4 is 10.9 Å². The van der Waals surface area contributed by atoms with Gasteiger partial charge >= 0.3 is 0 Å². The molecule has 2 rings (SSSR count). The Labute approximate surface area is 145 Å². The number of nitrogens with one attached hydrogen (secondary N) is 2. The van der Waals surface area contributed by atoms with Gasteiger partial charge in [0, 0.05) is 18.9 Å². The Morgan fingerprint density at radius 3 is 2.83 bits per heavy atom. The minimum Gasteiger partial charge on any atom is -0.378 e. The fourth-order valence-electron chi connectivity index (χ4n) is 2.09. The number of rotatable bonds is 6. The summed E-state index contributed by atoms with van der Waals surface area (Å²) in [5.74, 6) is -0.145. The SMILES string of the molecule is COCc1cc(=O)[nH]c(SC(C)C(=O)Nc2cc(C)ccc2C)n1. The van der Waals surface area contributed by atoms with E-state index < -0.39 is 5.25 Å². The number of benzene rings is 1. The van der Waals surface area contributed by atoms with E-state index in [1.54, 1.807) is 6.92 Å². The summed E-state index contributed by atoms with van der Waals surface area (Å²) in [6.07, 6.45) is 0. The van der Waals surface area contributed by atoms with Crippen LogP contribution in [-0.4, -0.2) is 28.2 Å². The number of ether oxygens (including phenoxy) is 1. The average molecular weight is 347 g/mol. The van der Waals surface area contributed by atoms with Gasteiger partial charge in [-0.25, -0.2) is 4.98 Å². The molecule has 1 unspecified atom stereocenters. The highest BCUT2D eigenvalue weighted by molar-refractivity contribution is 8.00. The van der Waals surface area contributed by atoms with Gasteiger partial charge in [0.15, 0.2) is 5.16 Å². The van der Waals surface area contributed by atoms with Crippen LogP contribution in [0.3, 0.4) is 0 Å². The lowest BCUT2D eigenvalue weighted by Crippen LogP contribution is -2.24. The second kappa shape index (κ2) is 8.12. The summed E-state index contributed by atoms with van der Waals surface area (Å²) in [7, 11) is 1.54. The van der Waals surface area contributed by atoms with Gasteiger partial charge in [-0.05, 0) is 38.0 Å². The van der Waals surface area contributed by atoms with Crippen LogP contribution in [0, 0.1) is 13.8 Å². The van der Waals surface area contributed by atoms with Crippen LogP contribution in [0.15, 0.2) is 34.2 Å². The molecule has 0 spiro atoms. The van der Waals surface area contributed by atoms with E-state index in [0.29, 0.717) is 10.9 Å². The van der Waals surface area contributed by atoms with Crippen molar-refractivity contribution in [1.82, 2.24) is 9.97 Å². The molecule has 24 heavy (non-hydrogen) atoms. The van der Waals surface area contributed by atoms with Crippen molar-refractivity contribution in [2.24, 2.45) is 0 Å². The maximum Gasteiger partial charge on any atom is 0.251 e. The van der Waals surface area contributed by atoms with Crippen molar-refractivity contribution in [3.63, 3.8) is 0 Å². The summed E-state index contributed by atoms with van der Waals surface area (Å²) in [4.78, 5) is 31.0.